The Morgan fingerprint density at radius 3 is 2.67 bits per heavy atom. The van der Waals surface area contributed by atoms with E-state index in [1.165, 1.54) is 12.8 Å². The molecule has 1 aliphatic carbocycles. The van der Waals surface area contributed by atoms with Crippen molar-refractivity contribution < 1.29 is 4.52 Å². The van der Waals surface area contributed by atoms with Crippen molar-refractivity contribution in [1.82, 2.24) is 20.1 Å². The maximum Gasteiger partial charge on any atom is 0.259 e. The number of pyridine rings is 2. The molecule has 0 spiro atoms. The van der Waals surface area contributed by atoms with E-state index in [4.69, 9.17) is 9.51 Å². The van der Waals surface area contributed by atoms with Crippen LogP contribution in [0.15, 0.2) is 59.3 Å². The van der Waals surface area contributed by atoms with Crippen molar-refractivity contribution >= 4 is 10.9 Å². The Bertz CT molecular complexity index is 1020. The summed E-state index contributed by atoms with van der Waals surface area (Å²) in [4.78, 5) is 13.6. The van der Waals surface area contributed by atoms with Crippen LogP contribution in [0.2, 0.25) is 0 Å². The fourth-order valence-electron chi connectivity index (χ4n) is 2.89. The van der Waals surface area contributed by atoms with E-state index in [2.05, 4.69) is 21.2 Å². The molecule has 1 aromatic carbocycles. The van der Waals surface area contributed by atoms with E-state index in [0.717, 1.165) is 22.2 Å². The molecular formula is C19H14N4O. The van der Waals surface area contributed by atoms with Crippen LogP contribution in [-0.4, -0.2) is 20.1 Å². The lowest BCUT2D eigenvalue weighted by molar-refractivity contribution is 0.432. The normalized spacial score (nSPS) is 14.2. The minimum atomic E-state index is 0.500. The first-order valence-corrected chi connectivity index (χ1v) is 8.04. The van der Waals surface area contributed by atoms with Gasteiger partial charge < -0.3 is 4.52 Å². The zero-order valence-electron chi connectivity index (χ0n) is 12.9. The summed E-state index contributed by atoms with van der Waals surface area (Å²) in [5.41, 5.74) is 3.72. The third-order valence-corrected chi connectivity index (χ3v) is 4.28. The molecule has 3 heterocycles. The summed E-state index contributed by atoms with van der Waals surface area (Å²) >= 11 is 0. The molecule has 5 nitrogen and oxygen atoms in total. The third kappa shape index (κ3) is 2.25. The van der Waals surface area contributed by atoms with Crippen LogP contribution in [0.25, 0.3) is 33.9 Å². The quantitative estimate of drug-likeness (QED) is 0.566. The molecule has 1 saturated carbocycles. The van der Waals surface area contributed by atoms with Gasteiger partial charge in [0, 0.05) is 23.2 Å². The summed E-state index contributed by atoms with van der Waals surface area (Å²) in [5.74, 6) is 1.57. The number of fused-ring (bicyclic) bond motifs is 1. The number of hydrogen-bond donors (Lipinski definition) is 0. The molecule has 5 heteroatoms. The van der Waals surface area contributed by atoms with Gasteiger partial charge in [-0.25, -0.2) is 0 Å². The van der Waals surface area contributed by atoms with Crippen molar-refractivity contribution in [1.29, 1.82) is 0 Å². The second-order valence-corrected chi connectivity index (χ2v) is 6.02. The Balaban J connectivity index is 1.67. The van der Waals surface area contributed by atoms with E-state index in [0.29, 0.717) is 23.3 Å². The van der Waals surface area contributed by atoms with E-state index >= 15 is 0 Å². The first-order chi connectivity index (χ1) is 11.9. The van der Waals surface area contributed by atoms with Gasteiger partial charge in [-0.05, 0) is 37.1 Å². The Hall–Kier alpha value is -3.08. The predicted octanol–water partition coefficient (Wildman–Crippen LogP) is 4.22. The topological polar surface area (TPSA) is 64.7 Å². The lowest BCUT2D eigenvalue weighted by Gasteiger charge is -2.05. The van der Waals surface area contributed by atoms with Gasteiger partial charge in [0.2, 0.25) is 5.82 Å². The molecule has 0 N–H and O–H groups in total. The van der Waals surface area contributed by atoms with Crippen LogP contribution in [0.5, 0.6) is 0 Å². The summed E-state index contributed by atoms with van der Waals surface area (Å²) in [7, 11) is 0. The average Bonchev–Trinajstić information content (AvgIpc) is 3.38. The van der Waals surface area contributed by atoms with Crippen LogP contribution in [0.4, 0.5) is 0 Å². The highest BCUT2D eigenvalue weighted by Crippen LogP contribution is 2.41. The standard InChI is InChI=1S/C19H14N4O/c1-2-6-15-13(5-1)14(11-17(21-15)12-8-9-12)19-22-18(23-24-19)16-7-3-4-10-20-16/h1-7,10-12H,8-9H2. The van der Waals surface area contributed by atoms with Crippen LogP contribution in [-0.2, 0) is 0 Å². The summed E-state index contributed by atoms with van der Waals surface area (Å²) < 4.78 is 5.54. The third-order valence-electron chi connectivity index (χ3n) is 4.28. The van der Waals surface area contributed by atoms with Gasteiger partial charge in [0.25, 0.3) is 5.89 Å². The van der Waals surface area contributed by atoms with Crippen molar-refractivity contribution in [3.63, 3.8) is 0 Å². The molecule has 0 unspecified atom stereocenters. The highest BCUT2D eigenvalue weighted by atomic mass is 16.5. The maximum atomic E-state index is 5.54. The zero-order chi connectivity index (χ0) is 15.9. The van der Waals surface area contributed by atoms with Crippen LogP contribution < -0.4 is 0 Å². The zero-order valence-corrected chi connectivity index (χ0v) is 12.9. The molecule has 3 aromatic heterocycles. The van der Waals surface area contributed by atoms with Crippen molar-refractivity contribution in [2.45, 2.75) is 18.8 Å². The molecule has 1 fully saturated rings. The summed E-state index contributed by atoms with van der Waals surface area (Å²) in [6.07, 6.45) is 4.12. The van der Waals surface area contributed by atoms with Crippen molar-refractivity contribution in [2.75, 3.05) is 0 Å². The molecule has 0 amide bonds. The van der Waals surface area contributed by atoms with Gasteiger partial charge in [0.05, 0.1) is 11.1 Å². The number of para-hydroxylation sites is 1. The molecule has 0 atom stereocenters. The lowest BCUT2D eigenvalue weighted by atomic mass is 10.1. The average molecular weight is 314 g/mol. The van der Waals surface area contributed by atoms with Crippen LogP contribution in [0.1, 0.15) is 24.5 Å². The van der Waals surface area contributed by atoms with Gasteiger partial charge >= 0.3 is 0 Å². The predicted molar refractivity (Wildman–Crippen MR) is 90.2 cm³/mol. The summed E-state index contributed by atoms with van der Waals surface area (Å²) in [6, 6.07) is 15.8. The SMILES string of the molecule is c1ccc(-c2noc(-c3cc(C4CC4)nc4ccccc34)n2)nc1. The summed E-state index contributed by atoms with van der Waals surface area (Å²) in [5, 5.41) is 5.12. The van der Waals surface area contributed by atoms with E-state index in [1.54, 1.807) is 6.20 Å². The van der Waals surface area contributed by atoms with E-state index < -0.39 is 0 Å². The van der Waals surface area contributed by atoms with Crippen LogP contribution >= 0.6 is 0 Å². The molecule has 24 heavy (non-hydrogen) atoms. The lowest BCUT2D eigenvalue weighted by Crippen LogP contribution is -1.92. The van der Waals surface area contributed by atoms with Crippen LogP contribution in [0, 0.1) is 0 Å². The summed E-state index contributed by atoms with van der Waals surface area (Å²) in [6.45, 7) is 0. The number of hydrogen-bond acceptors (Lipinski definition) is 5. The van der Waals surface area contributed by atoms with E-state index in [1.807, 2.05) is 42.5 Å². The molecule has 1 aliphatic rings. The molecule has 0 saturated heterocycles. The molecule has 116 valence electrons. The first-order valence-electron chi connectivity index (χ1n) is 8.04. The van der Waals surface area contributed by atoms with Gasteiger partial charge in [0.15, 0.2) is 0 Å². The largest absolute Gasteiger partial charge is 0.334 e. The van der Waals surface area contributed by atoms with E-state index in [-0.39, 0.29) is 0 Å². The van der Waals surface area contributed by atoms with Gasteiger partial charge in [-0.2, -0.15) is 4.98 Å². The first kappa shape index (κ1) is 13.4. The highest BCUT2D eigenvalue weighted by Gasteiger charge is 2.27. The number of nitrogens with zero attached hydrogens (tertiary/aromatic N) is 4. The number of rotatable bonds is 3. The number of benzene rings is 1. The minimum absolute atomic E-state index is 0.500. The Morgan fingerprint density at radius 1 is 0.958 bits per heavy atom. The van der Waals surface area contributed by atoms with Crippen LogP contribution in [0.3, 0.4) is 0 Å². The molecule has 5 rings (SSSR count). The molecule has 0 radical (unpaired) electrons. The molecule has 0 aliphatic heterocycles. The van der Waals surface area contributed by atoms with Crippen molar-refractivity contribution in [2.24, 2.45) is 0 Å². The fourth-order valence-corrected chi connectivity index (χ4v) is 2.89. The number of aromatic nitrogens is 4. The van der Waals surface area contributed by atoms with Gasteiger partial charge in [-0.1, -0.05) is 29.4 Å². The van der Waals surface area contributed by atoms with Gasteiger partial charge in [0.1, 0.15) is 5.69 Å². The Kier molecular flexibility index (Phi) is 2.91. The second kappa shape index (κ2) is 5.23. The minimum Gasteiger partial charge on any atom is -0.334 e. The Morgan fingerprint density at radius 2 is 1.83 bits per heavy atom. The smallest absolute Gasteiger partial charge is 0.259 e. The maximum absolute atomic E-state index is 5.54. The fraction of sp³-hybridized carbons (Fsp3) is 0.158. The second-order valence-electron chi connectivity index (χ2n) is 6.02. The van der Waals surface area contributed by atoms with Gasteiger partial charge in [-0.15, -0.1) is 0 Å². The Labute approximate surface area is 138 Å². The monoisotopic (exact) mass is 314 g/mol. The molecule has 0 bridgehead atoms. The molecule has 4 aromatic rings. The van der Waals surface area contributed by atoms with E-state index in [9.17, 15) is 0 Å². The van der Waals surface area contributed by atoms with Crippen molar-refractivity contribution in [3.05, 3.63) is 60.4 Å². The van der Waals surface area contributed by atoms with Gasteiger partial charge in [-0.3, -0.25) is 9.97 Å². The van der Waals surface area contributed by atoms with Crippen molar-refractivity contribution in [3.8, 4) is 23.0 Å². The highest BCUT2D eigenvalue weighted by molar-refractivity contribution is 5.92. The molecular weight excluding hydrogens is 300 g/mol.